The number of carboxylic acid groups (broad SMARTS) is 1. The first-order valence-electron chi connectivity index (χ1n) is 7.40. The Morgan fingerprint density at radius 1 is 1.12 bits per heavy atom. The minimum atomic E-state index is -3.85. The molecular weight excluding hydrogens is 354 g/mol. The molecule has 0 spiro atoms. The largest absolute Gasteiger partial charge is 0.481 e. The SMILES string of the molecule is CC(C)CC(CNS(=O)(=O)c1ccc(CS(C)(=O)=O)cc1)C(=O)O. The highest BCUT2D eigenvalue weighted by Crippen LogP contribution is 2.15. The standard InChI is InChI=1S/C15H23NO6S2/c1-11(2)8-13(15(17)18)9-16-24(21,22)14-6-4-12(5-7-14)10-23(3,19)20/h4-7,11,13,16H,8-10H2,1-3H3,(H,17,18). The van der Waals surface area contributed by atoms with E-state index in [2.05, 4.69) is 4.72 Å². The van der Waals surface area contributed by atoms with Crippen molar-refractivity contribution in [2.75, 3.05) is 12.8 Å². The molecule has 0 aliphatic heterocycles. The summed E-state index contributed by atoms with van der Waals surface area (Å²) in [7, 11) is -7.05. The predicted molar refractivity (Wildman–Crippen MR) is 90.8 cm³/mol. The number of rotatable bonds is 9. The number of carbonyl (C=O) groups is 1. The fraction of sp³-hybridized carbons (Fsp3) is 0.533. The van der Waals surface area contributed by atoms with Crippen molar-refractivity contribution >= 4 is 25.8 Å². The van der Waals surface area contributed by atoms with Crippen LogP contribution in [0.2, 0.25) is 0 Å². The molecule has 9 heteroatoms. The average molecular weight is 377 g/mol. The lowest BCUT2D eigenvalue weighted by atomic mass is 9.98. The molecule has 0 radical (unpaired) electrons. The smallest absolute Gasteiger partial charge is 0.307 e. The number of nitrogens with one attached hydrogen (secondary N) is 1. The molecule has 1 aromatic rings. The number of benzene rings is 1. The maximum absolute atomic E-state index is 12.2. The zero-order chi connectivity index (χ0) is 18.5. The van der Waals surface area contributed by atoms with Gasteiger partial charge in [0.2, 0.25) is 10.0 Å². The lowest BCUT2D eigenvalue weighted by molar-refractivity contribution is -0.142. The van der Waals surface area contributed by atoms with E-state index < -0.39 is 31.7 Å². The second-order valence-electron chi connectivity index (χ2n) is 6.23. The molecule has 0 saturated carbocycles. The molecule has 2 N–H and O–H groups in total. The van der Waals surface area contributed by atoms with Crippen molar-refractivity contribution in [3.8, 4) is 0 Å². The number of sulfonamides is 1. The Kier molecular flexibility index (Phi) is 6.94. The normalized spacial score (nSPS) is 13.8. The van der Waals surface area contributed by atoms with Gasteiger partial charge in [0, 0.05) is 12.8 Å². The highest BCUT2D eigenvalue weighted by molar-refractivity contribution is 7.90. The van der Waals surface area contributed by atoms with Crippen LogP contribution < -0.4 is 4.72 Å². The first-order valence-corrected chi connectivity index (χ1v) is 10.9. The molecule has 7 nitrogen and oxygen atoms in total. The van der Waals surface area contributed by atoms with Gasteiger partial charge in [-0.2, -0.15) is 0 Å². The third kappa shape index (κ3) is 6.98. The summed E-state index contributed by atoms with van der Waals surface area (Å²) < 4.78 is 49.2. The van der Waals surface area contributed by atoms with Crippen LogP contribution in [0.3, 0.4) is 0 Å². The Hall–Kier alpha value is -1.45. The number of hydrogen-bond acceptors (Lipinski definition) is 5. The Bertz CT molecular complexity index is 767. The fourth-order valence-electron chi connectivity index (χ4n) is 2.20. The zero-order valence-corrected chi connectivity index (χ0v) is 15.5. The molecule has 0 fully saturated rings. The molecule has 0 aliphatic rings. The van der Waals surface area contributed by atoms with Crippen molar-refractivity contribution in [2.24, 2.45) is 11.8 Å². The lowest BCUT2D eigenvalue weighted by Crippen LogP contribution is -2.33. The average Bonchev–Trinajstić information content (AvgIpc) is 2.41. The highest BCUT2D eigenvalue weighted by Gasteiger charge is 2.22. The molecule has 1 unspecified atom stereocenters. The van der Waals surface area contributed by atoms with Crippen LogP contribution in [-0.2, 0) is 30.4 Å². The van der Waals surface area contributed by atoms with Crippen molar-refractivity contribution < 1.29 is 26.7 Å². The first kappa shape index (κ1) is 20.6. The lowest BCUT2D eigenvalue weighted by Gasteiger charge is -2.15. The van der Waals surface area contributed by atoms with Gasteiger partial charge in [0.05, 0.1) is 16.6 Å². The topological polar surface area (TPSA) is 118 Å². The third-order valence-corrected chi connectivity index (χ3v) is 5.58. The van der Waals surface area contributed by atoms with Gasteiger partial charge in [-0.15, -0.1) is 0 Å². The third-order valence-electron chi connectivity index (χ3n) is 3.29. The van der Waals surface area contributed by atoms with E-state index in [9.17, 15) is 21.6 Å². The molecule has 24 heavy (non-hydrogen) atoms. The summed E-state index contributed by atoms with van der Waals surface area (Å²) in [4.78, 5) is 11.1. The van der Waals surface area contributed by atoms with Gasteiger partial charge < -0.3 is 5.11 Å². The van der Waals surface area contributed by atoms with E-state index in [0.29, 0.717) is 12.0 Å². The van der Waals surface area contributed by atoms with E-state index in [0.717, 1.165) is 6.26 Å². The number of hydrogen-bond donors (Lipinski definition) is 2. The van der Waals surface area contributed by atoms with Crippen LogP contribution in [0.25, 0.3) is 0 Å². The van der Waals surface area contributed by atoms with Gasteiger partial charge in [0.1, 0.15) is 0 Å². The summed E-state index contributed by atoms with van der Waals surface area (Å²) >= 11 is 0. The summed E-state index contributed by atoms with van der Waals surface area (Å²) in [5, 5.41) is 9.14. The van der Waals surface area contributed by atoms with Crippen molar-refractivity contribution in [3.63, 3.8) is 0 Å². The monoisotopic (exact) mass is 377 g/mol. The van der Waals surface area contributed by atoms with E-state index in [-0.39, 0.29) is 23.1 Å². The Morgan fingerprint density at radius 2 is 1.67 bits per heavy atom. The fourth-order valence-corrected chi connectivity index (χ4v) is 4.08. The Morgan fingerprint density at radius 3 is 2.08 bits per heavy atom. The van der Waals surface area contributed by atoms with Crippen molar-refractivity contribution in [2.45, 2.75) is 30.9 Å². The molecule has 0 heterocycles. The minimum Gasteiger partial charge on any atom is -0.481 e. The van der Waals surface area contributed by atoms with Crippen LogP contribution in [0.4, 0.5) is 0 Å². The Labute approximate surface area is 143 Å². The van der Waals surface area contributed by atoms with Crippen molar-refractivity contribution in [3.05, 3.63) is 29.8 Å². The van der Waals surface area contributed by atoms with Crippen LogP contribution in [-0.4, -0.2) is 40.7 Å². The van der Waals surface area contributed by atoms with Crippen LogP contribution in [0.15, 0.2) is 29.2 Å². The molecule has 0 aliphatic carbocycles. The highest BCUT2D eigenvalue weighted by atomic mass is 32.2. The summed E-state index contributed by atoms with van der Waals surface area (Å²) in [6.45, 7) is 3.54. The zero-order valence-electron chi connectivity index (χ0n) is 13.9. The molecular formula is C15H23NO6S2. The number of aliphatic carboxylic acids is 1. The summed E-state index contributed by atoms with van der Waals surface area (Å²) in [6.07, 6.45) is 1.46. The Balaban J connectivity index is 2.83. The maximum atomic E-state index is 12.2. The maximum Gasteiger partial charge on any atom is 0.307 e. The molecule has 0 saturated heterocycles. The van der Waals surface area contributed by atoms with Crippen molar-refractivity contribution in [1.82, 2.24) is 4.72 Å². The second-order valence-corrected chi connectivity index (χ2v) is 10.1. The predicted octanol–water partition coefficient (Wildman–Crippen LogP) is 1.26. The first-order chi connectivity index (χ1) is 10.9. The molecule has 1 rings (SSSR count). The number of carboxylic acids is 1. The molecule has 1 atom stereocenters. The number of sulfone groups is 1. The minimum absolute atomic E-state index is 0.0339. The van der Waals surface area contributed by atoms with Crippen LogP contribution in [0.5, 0.6) is 0 Å². The molecule has 1 aromatic carbocycles. The quantitative estimate of drug-likeness (QED) is 0.669. The van der Waals surface area contributed by atoms with E-state index in [1.54, 1.807) is 0 Å². The van der Waals surface area contributed by atoms with E-state index in [1.807, 2.05) is 13.8 Å². The van der Waals surface area contributed by atoms with Gasteiger partial charge in [-0.25, -0.2) is 21.6 Å². The van der Waals surface area contributed by atoms with Gasteiger partial charge in [0.15, 0.2) is 9.84 Å². The molecule has 136 valence electrons. The van der Waals surface area contributed by atoms with Crippen LogP contribution in [0, 0.1) is 11.8 Å². The van der Waals surface area contributed by atoms with Crippen LogP contribution in [0.1, 0.15) is 25.8 Å². The second kappa shape index (κ2) is 8.09. The van der Waals surface area contributed by atoms with Gasteiger partial charge in [-0.3, -0.25) is 4.79 Å². The van der Waals surface area contributed by atoms with Gasteiger partial charge >= 0.3 is 5.97 Å². The van der Waals surface area contributed by atoms with Crippen LogP contribution >= 0.6 is 0 Å². The van der Waals surface area contributed by atoms with E-state index >= 15 is 0 Å². The van der Waals surface area contributed by atoms with Gasteiger partial charge in [0.25, 0.3) is 0 Å². The van der Waals surface area contributed by atoms with E-state index in [1.165, 1.54) is 24.3 Å². The van der Waals surface area contributed by atoms with Gasteiger partial charge in [-0.05, 0) is 30.0 Å². The van der Waals surface area contributed by atoms with E-state index in [4.69, 9.17) is 5.11 Å². The molecule has 0 aromatic heterocycles. The summed E-state index contributed by atoms with van der Waals surface area (Å²) in [6, 6.07) is 5.47. The van der Waals surface area contributed by atoms with Gasteiger partial charge in [-0.1, -0.05) is 26.0 Å². The molecule has 0 amide bonds. The summed E-state index contributed by atoms with van der Waals surface area (Å²) in [5.74, 6) is -1.89. The van der Waals surface area contributed by atoms with Crippen molar-refractivity contribution in [1.29, 1.82) is 0 Å². The summed E-state index contributed by atoms with van der Waals surface area (Å²) in [5.41, 5.74) is 0.486. The molecule has 0 bridgehead atoms.